The molecular formula is C16H25NO. The lowest BCUT2D eigenvalue weighted by Gasteiger charge is -2.36. The third-order valence-corrected chi connectivity index (χ3v) is 3.96. The van der Waals surface area contributed by atoms with E-state index in [9.17, 15) is 5.11 Å². The number of benzene rings is 1. The van der Waals surface area contributed by atoms with Gasteiger partial charge in [0.05, 0.1) is 6.10 Å². The predicted molar refractivity (Wildman–Crippen MR) is 75.4 cm³/mol. The second kappa shape index (κ2) is 6.91. The van der Waals surface area contributed by atoms with Crippen LogP contribution in [-0.4, -0.2) is 29.2 Å². The maximum atomic E-state index is 10.1. The zero-order valence-corrected chi connectivity index (χ0v) is 11.4. The molecule has 2 atom stereocenters. The average Bonchev–Trinajstić information content (AvgIpc) is 2.40. The molecule has 1 saturated heterocycles. The summed E-state index contributed by atoms with van der Waals surface area (Å²) in [6, 6.07) is 10.6. The molecule has 1 aromatic rings. The zero-order valence-electron chi connectivity index (χ0n) is 11.4. The lowest BCUT2D eigenvalue weighted by atomic mass is 9.90. The maximum Gasteiger partial charge on any atom is 0.0592 e. The van der Waals surface area contributed by atoms with Crippen molar-refractivity contribution in [3.8, 4) is 0 Å². The van der Waals surface area contributed by atoms with Crippen molar-refractivity contribution in [3.05, 3.63) is 35.9 Å². The van der Waals surface area contributed by atoms with Crippen molar-refractivity contribution < 1.29 is 5.11 Å². The first-order chi connectivity index (χ1) is 8.79. The lowest BCUT2D eigenvalue weighted by molar-refractivity contribution is 0.0191. The van der Waals surface area contributed by atoms with Crippen LogP contribution < -0.4 is 0 Å². The van der Waals surface area contributed by atoms with Crippen LogP contribution in [0, 0.1) is 5.92 Å². The van der Waals surface area contributed by atoms with E-state index in [1.807, 2.05) is 0 Å². The molecule has 1 fully saturated rings. The topological polar surface area (TPSA) is 23.5 Å². The minimum Gasteiger partial charge on any atom is -0.393 e. The van der Waals surface area contributed by atoms with Gasteiger partial charge in [-0.2, -0.15) is 0 Å². The van der Waals surface area contributed by atoms with Crippen LogP contribution in [0.1, 0.15) is 38.2 Å². The normalized spacial score (nSPS) is 25.2. The quantitative estimate of drug-likeness (QED) is 0.864. The standard InChI is InChI=1S/C16H25NO/c1-2-3-9-15-13-17(11-10-16(15)18)12-14-7-5-4-6-8-14/h4-8,15-16,18H,2-3,9-13H2,1H3. The number of hydrogen-bond donors (Lipinski definition) is 1. The van der Waals surface area contributed by atoms with E-state index in [-0.39, 0.29) is 6.10 Å². The Morgan fingerprint density at radius 1 is 1.28 bits per heavy atom. The highest BCUT2D eigenvalue weighted by Gasteiger charge is 2.26. The monoisotopic (exact) mass is 247 g/mol. The molecule has 0 aromatic heterocycles. The molecule has 1 aromatic carbocycles. The largest absolute Gasteiger partial charge is 0.393 e. The van der Waals surface area contributed by atoms with Gasteiger partial charge in [0.15, 0.2) is 0 Å². The molecule has 0 spiro atoms. The van der Waals surface area contributed by atoms with E-state index in [0.29, 0.717) is 5.92 Å². The minimum atomic E-state index is -0.0800. The Morgan fingerprint density at radius 2 is 2.06 bits per heavy atom. The summed E-state index contributed by atoms with van der Waals surface area (Å²) in [5.74, 6) is 0.474. The van der Waals surface area contributed by atoms with Crippen LogP contribution in [0.2, 0.25) is 0 Å². The fourth-order valence-corrected chi connectivity index (χ4v) is 2.83. The van der Waals surface area contributed by atoms with Crippen LogP contribution >= 0.6 is 0 Å². The van der Waals surface area contributed by atoms with Crippen molar-refractivity contribution >= 4 is 0 Å². The summed E-state index contributed by atoms with van der Waals surface area (Å²) in [4.78, 5) is 2.49. The fourth-order valence-electron chi connectivity index (χ4n) is 2.83. The summed E-state index contributed by atoms with van der Waals surface area (Å²) < 4.78 is 0. The van der Waals surface area contributed by atoms with Gasteiger partial charge in [-0.15, -0.1) is 0 Å². The third kappa shape index (κ3) is 3.82. The highest BCUT2D eigenvalue weighted by molar-refractivity contribution is 5.14. The first-order valence-corrected chi connectivity index (χ1v) is 7.24. The molecule has 2 nitrogen and oxygen atoms in total. The Hall–Kier alpha value is -0.860. The van der Waals surface area contributed by atoms with E-state index >= 15 is 0 Å². The van der Waals surface area contributed by atoms with Crippen molar-refractivity contribution in [3.63, 3.8) is 0 Å². The van der Waals surface area contributed by atoms with Gasteiger partial charge < -0.3 is 5.11 Å². The molecule has 0 amide bonds. The highest BCUT2D eigenvalue weighted by atomic mass is 16.3. The van der Waals surface area contributed by atoms with Crippen LogP contribution in [0.5, 0.6) is 0 Å². The molecule has 1 N–H and O–H groups in total. The third-order valence-electron chi connectivity index (χ3n) is 3.96. The second-order valence-electron chi connectivity index (χ2n) is 5.48. The van der Waals surface area contributed by atoms with E-state index in [1.54, 1.807) is 0 Å². The number of likely N-dealkylation sites (tertiary alicyclic amines) is 1. The maximum absolute atomic E-state index is 10.1. The van der Waals surface area contributed by atoms with Crippen molar-refractivity contribution in [2.45, 2.75) is 45.3 Å². The summed E-state index contributed by atoms with van der Waals surface area (Å²) in [5, 5.41) is 10.1. The number of rotatable bonds is 5. The molecule has 18 heavy (non-hydrogen) atoms. The van der Waals surface area contributed by atoms with Crippen molar-refractivity contribution in [2.75, 3.05) is 13.1 Å². The van der Waals surface area contributed by atoms with Gasteiger partial charge in [0.2, 0.25) is 0 Å². The van der Waals surface area contributed by atoms with Gasteiger partial charge in [0, 0.05) is 19.6 Å². The number of nitrogens with zero attached hydrogens (tertiary/aromatic N) is 1. The molecule has 1 heterocycles. The molecule has 0 saturated carbocycles. The van der Waals surface area contributed by atoms with Gasteiger partial charge in [-0.1, -0.05) is 50.1 Å². The van der Waals surface area contributed by atoms with Crippen molar-refractivity contribution in [1.82, 2.24) is 4.90 Å². The Kier molecular flexibility index (Phi) is 5.21. The number of hydrogen-bond acceptors (Lipinski definition) is 2. The first kappa shape index (κ1) is 13.6. The predicted octanol–water partition coefficient (Wildman–Crippen LogP) is 3.06. The zero-order chi connectivity index (χ0) is 12.8. The molecule has 0 radical (unpaired) electrons. The Balaban J connectivity index is 1.87. The van der Waals surface area contributed by atoms with Gasteiger partial charge >= 0.3 is 0 Å². The average molecular weight is 247 g/mol. The number of aliphatic hydroxyl groups excluding tert-OH is 1. The Morgan fingerprint density at radius 3 is 2.78 bits per heavy atom. The van der Waals surface area contributed by atoms with Crippen LogP contribution in [0.4, 0.5) is 0 Å². The van der Waals surface area contributed by atoms with Crippen LogP contribution in [0.3, 0.4) is 0 Å². The Bertz CT molecular complexity index is 338. The summed E-state index contributed by atoms with van der Waals surface area (Å²) in [6.07, 6.45) is 4.48. The van der Waals surface area contributed by atoms with E-state index in [0.717, 1.165) is 26.1 Å². The van der Waals surface area contributed by atoms with Gasteiger partial charge in [-0.05, 0) is 24.3 Å². The molecule has 1 aliphatic heterocycles. The van der Waals surface area contributed by atoms with E-state index in [1.165, 1.54) is 24.8 Å². The first-order valence-electron chi connectivity index (χ1n) is 7.24. The summed E-state index contributed by atoms with van der Waals surface area (Å²) >= 11 is 0. The van der Waals surface area contributed by atoms with E-state index in [4.69, 9.17) is 0 Å². The number of aliphatic hydroxyl groups is 1. The molecule has 1 aliphatic rings. The van der Waals surface area contributed by atoms with Crippen LogP contribution in [0.15, 0.2) is 30.3 Å². The molecule has 0 bridgehead atoms. The smallest absolute Gasteiger partial charge is 0.0592 e. The van der Waals surface area contributed by atoms with Crippen LogP contribution in [-0.2, 0) is 6.54 Å². The molecule has 2 rings (SSSR count). The SMILES string of the molecule is CCCCC1CN(Cc2ccccc2)CCC1O. The molecule has 2 unspecified atom stereocenters. The second-order valence-corrected chi connectivity index (χ2v) is 5.48. The van der Waals surface area contributed by atoms with Crippen LogP contribution in [0.25, 0.3) is 0 Å². The fraction of sp³-hybridized carbons (Fsp3) is 0.625. The number of piperidine rings is 1. The molecule has 2 heteroatoms. The van der Waals surface area contributed by atoms with Gasteiger partial charge in [-0.25, -0.2) is 0 Å². The summed E-state index contributed by atoms with van der Waals surface area (Å²) in [6.45, 7) is 5.32. The lowest BCUT2D eigenvalue weighted by Crippen LogP contribution is -2.42. The van der Waals surface area contributed by atoms with Crippen molar-refractivity contribution in [2.24, 2.45) is 5.92 Å². The summed E-state index contributed by atoms with van der Waals surface area (Å²) in [7, 11) is 0. The molecule has 100 valence electrons. The summed E-state index contributed by atoms with van der Waals surface area (Å²) in [5.41, 5.74) is 1.38. The molecule has 0 aliphatic carbocycles. The highest BCUT2D eigenvalue weighted by Crippen LogP contribution is 2.23. The Labute approximate surface area is 111 Å². The minimum absolute atomic E-state index is 0.0800. The van der Waals surface area contributed by atoms with E-state index in [2.05, 4.69) is 42.2 Å². The van der Waals surface area contributed by atoms with Crippen molar-refractivity contribution in [1.29, 1.82) is 0 Å². The van der Waals surface area contributed by atoms with E-state index < -0.39 is 0 Å². The van der Waals surface area contributed by atoms with Gasteiger partial charge in [0.1, 0.15) is 0 Å². The van der Waals surface area contributed by atoms with Gasteiger partial charge in [-0.3, -0.25) is 4.90 Å². The number of unbranched alkanes of at least 4 members (excludes halogenated alkanes) is 1. The molecular weight excluding hydrogens is 222 g/mol. The van der Waals surface area contributed by atoms with Gasteiger partial charge in [0.25, 0.3) is 0 Å².